The van der Waals surface area contributed by atoms with Crippen molar-refractivity contribution in [1.29, 1.82) is 0 Å². The van der Waals surface area contributed by atoms with Gasteiger partial charge in [0.05, 0.1) is 21.1 Å². The number of carbonyl (C=O) groups is 1. The van der Waals surface area contributed by atoms with Gasteiger partial charge in [-0.15, -0.1) is 0 Å². The van der Waals surface area contributed by atoms with Crippen LogP contribution in [0.2, 0.25) is 5.02 Å². The van der Waals surface area contributed by atoms with Crippen molar-refractivity contribution in [2.75, 3.05) is 74.1 Å². The Bertz CT molecular complexity index is 2950. The zero-order chi connectivity index (χ0) is 49.0. The number of aromatic nitrogens is 2. The van der Waals surface area contributed by atoms with Crippen LogP contribution in [0.4, 0.5) is 37.2 Å². The number of nitrogens with zero attached hydrogens (tertiary/aromatic N) is 5. The van der Waals surface area contributed by atoms with Crippen LogP contribution in [0.15, 0.2) is 89.5 Å². The second-order valence-corrected chi connectivity index (χ2v) is 22.3. The van der Waals surface area contributed by atoms with Gasteiger partial charge in [-0.1, -0.05) is 43.2 Å². The molecule has 2 atom stereocenters. The van der Waals surface area contributed by atoms with Crippen LogP contribution in [0.1, 0.15) is 74.7 Å². The van der Waals surface area contributed by atoms with Crippen molar-refractivity contribution < 1.29 is 36.4 Å². The zero-order valence-electron chi connectivity index (χ0n) is 39.2. The van der Waals surface area contributed by atoms with E-state index in [0.717, 1.165) is 63.5 Å². The van der Waals surface area contributed by atoms with Gasteiger partial charge in [0.1, 0.15) is 23.1 Å². The first-order valence-corrected chi connectivity index (χ1v) is 25.9. The molecule has 0 bridgehead atoms. The normalized spacial score (nSPS) is 21.7. The highest BCUT2D eigenvalue weighted by Gasteiger charge is 2.50. The second-order valence-electron chi connectivity index (χ2n) is 20.2. The summed E-state index contributed by atoms with van der Waals surface area (Å²) in [6.45, 7) is 9.92. The number of sulfonamides is 1. The number of halogens is 3. The molecular formula is C51H57ClF2N8O7S. The summed E-state index contributed by atoms with van der Waals surface area (Å²) in [4.78, 5) is 39.9. The molecule has 3 N–H and O–H groups in total. The molecular weight excluding hydrogens is 942 g/mol. The minimum absolute atomic E-state index is 0.0194. The lowest BCUT2D eigenvalue weighted by molar-refractivity contribution is -0.384. The highest BCUT2D eigenvalue weighted by Crippen LogP contribution is 2.49. The lowest BCUT2D eigenvalue weighted by Crippen LogP contribution is -2.47. The Kier molecular flexibility index (Phi) is 13.0. The van der Waals surface area contributed by atoms with Crippen LogP contribution in [0.3, 0.4) is 0 Å². The fraction of sp³-hybridized carbons (Fsp3) is 0.451. The number of pyridine rings is 1. The largest absolute Gasteiger partial charge is 0.472 e. The Balaban J connectivity index is 0.962. The van der Waals surface area contributed by atoms with E-state index in [-0.39, 0.29) is 40.7 Å². The van der Waals surface area contributed by atoms with Gasteiger partial charge >= 0.3 is 0 Å². The van der Waals surface area contributed by atoms with E-state index in [9.17, 15) is 23.3 Å². The molecule has 2 aromatic heterocycles. The summed E-state index contributed by atoms with van der Waals surface area (Å²) in [7, 11) is -4.69. The molecule has 10 rings (SSSR count). The van der Waals surface area contributed by atoms with E-state index in [1.54, 1.807) is 23.2 Å². The number of aromatic amines is 1. The Morgan fingerprint density at radius 2 is 1.76 bits per heavy atom. The molecule has 370 valence electrons. The SMILES string of the molecule is CC1(C)CCC(CN2CCN(c3ccc(C(=O)NS(=O)(=O)c4ccc(NCC5CCOCC5)c([N+](=O)[O-])c4)c(N4C[C@@H]5CC(F)(F)C[C@H]5Oc5nc6[nH]ccc6cc54)c3)CC2)=C(c2ccc(Cl)cc2)C1. The topological polar surface area (TPSA) is 175 Å². The van der Waals surface area contributed by atoms with Gasteiger partial charge < -0.3 is 29.6 Å². The smallest absolute Gasteiger partial charge is 0.293 e. The highest BCUT2D eigenvalue weighted by atomic mass is 35.5. The van der Waals surface area contributed by atoms with Crippen LogP contribution in [-0.4, -0.2) is 105 Å². The van der Waals surface area contributed by atoms with Gasteiger partial charge in [0.25, 0.3) is 27.5 Å². The summed E-state index contributed by atoms with van der Waals surface area (Å²) in [6.07, 6.45) is 4.54. The highest BCUT2D eigenvalue weighted by molar-refractivity contribution is 7.90. The maximum Gasteiger partial charge on any atom is 0.293 e. The van der Waals surface area contributed by atoms with Gasteiger partial charge in [-0.05, 0) is 109 Å². The molecule has 15 nitrogen and oxygen atoms in total. The molecule has 3 aromatic carbocycles. The van der Waals surface area contributed by atoms with Crippen molar-refractivity contribution >= 4 is 72.6 Å². The van der Waals surface area contributed by atoms with E-state index in [2.05, 4.69) is 50.8 Å². The number of ether oxygens (including phenoxy) is 2. The number of carbonyl (C=O) groups excluding carboxylic acids is 1. The predicted octanol–water partition coefficient (Wildman–Crippen LogP) is 9.81. The molecule has 0 radical (unpaired) electrons. The van der Waals surface area contributed by atoms with E-state index in [4.69, 9.17) is 26.1 Å². The van der Waals surface area contributed by atoms with Crippen LogP contribution < -0.4 is 24.6 Å². The van der Waals surface area contributed by atoms with Crippen molar-refractivity contribution in [3.63, 3.8) is 0 Å². The molecule has 0 spiro atoms. The van der Waals surface area contributed by atoms with Crippen molar-refractivity contribution in [1.82, 2.24) is 19.6 Å². The molecule has 19 heteroatoms. The summed E-state index contributed by atoms with van der Waals surface area (Å²) in [5, 5.41) is 16.8. The molecule has 70 heavy (non-hydrogen) atoms. The van der Waals surface area contributed by atoms with E-state index in [1.807, 2.05) is 30.3 Å². The van der Waals surface area contributed by atoms with Gasteiger partial charge in [0, 0.05) is 106 Å². The number of hydrogen-bond acceptors (Lipinski definition) is 12. The number of H-pyrrole nitrogens is 1. The third-order valence-corrected chi connectivity index (χ3v) is 16.3. The van der Waals surface area contributed by atoms with Crippen LogP contribution >= 0.6 is 11.6 Å². The van der Waals surface area contributed by atoms with Crippen molar-refractivity contribution in [3.05, 3.63) is 111 Å². The monoisotopic (exact) mass is 998 g/mol. The second kappa shape index (κ2) is 19.1. The molecule has 3 fully saturated rings. The first kappa shape index (κ1) is 47.8. The molecule has 2 saturated heterocycles. The Labute approximate surface area is 410 Å². The summed E-state index contributed by atoms with van der Waals surface area (Å²) < 4.78 is 72.5. The van der Waals surface area contributed by atoms with E-state index in [0.29, 0.717) is 54.6 Å². The van der Waals surface area contributed by atoms with Crippen LogP contribution in [0, 0.1) is 27.4 Å². The molecule has 5 aromatic rings. The van der Waals surface area contributed by atoms with Gasteiger partial charge in [-0.2, -0.15) is 4.98 Å². The number of benzene rings is 3. The molecule has 5 aliphatic rings. The number of hydrogen-bond donors (Lipinski definition) is 3. The number of rotatable bonds is 12. The minimum Gasteiger partial charge on any atom is -0.472 e. The third kappa shape index (κ3) is 10.2. The number of nitrogens with one attached hydrogen (secondary N) is 3. The van der Waals surface area contributed by atoms with E-state index in [1.165, 1.54) is 28.8 Å². The van der Waals surface area contributed by atoms with Crippen molar-refractivity contribution in [2.45, 2.75) is 75.7 Å². The Hall–Kier alpha value is -5.82. The van der Waals surface area contributed by atoms with Crippen LogP contribution in [-0.2, 0) is 14.8 Å². The van der Waals surface area contributed by atoms with Crippen molar-refractivity contribution in [3.8, 4) is 5.88 Å². The minimum atomic E-state index is -4.69. The first-order chi connectivity index (χ1) is 33.5. The zero-order valence-corrected chi connectivity index (χ0v) is 40.8. The number of nitro groups is 1. The lowest BCUT2D eigenvalue weighted by Gasteiger charge is -2.39. The Morgan fingerprint density at radius 1 is 0.986 bits per heavy atom. The maximum atomic E-state index is 15.2. The standard InChI is InChI=1S/C51H57ClF2N8O7S/c1-50(2)15-11-35(41(27-50)33-3-5-37(52)6-4-33)30-59-17-19-60(20-18-59)38-7-9-40(48(63)58-70(66,67)39-8-10-42(44(25-39)62(64)65)56-29-32-13-21-68-22-14-32)43(24-38)61-31-36-26-51(53,54)28-46(36)69-49-45(61)23-34-12-16-55-47(34)57-49/h3-10,12,16,23-25,32,36,46,56H,11,13-15,17-22,26-31H2,1-2H3,(H,55,57)(H,58,63)/t36-,46+/m0/s1. The molecule has 2 aliphatic carbocycles. The number of piperazine rings is 1. The van der Waals surface area contributed by atoms with E-state index < -0.39 is 62.2 Å². The van der Waals surface area contributed by atoms with E-state index >= 15 is 8.78 Å². The summed E-state index contributed by atoms with van der Waals surface area (Å²) in [5.41, 5.74) is 5.77. The predicted molar refractivity (Wildman–Crippen MR) is 266 cm³/mol. The third-order valence-electron chi connectivity index (χ3n) is 14.7. The first-order valence-electron chi connectivity index (χ1n) is 24.0. The molecule has 1 amide bonds. The molecule has 5 heterocycles. The quantitative estimate of drug-likeness (QED) is 0.0799. The number of anilines is 4. The lowest BCUT2D eigenvalue weighted by atomic mass is 9.72. The molecule has 0 unspecified atom stereocenters. The van der Waals surface area contributed by atoms with Crippen LogP contribution in [0.25, 0.3) is 16.6 Å². The number of amides is 1. The van der Waals surface area contributed by atoms with Gasteiger partial charge in [-0.25, -0.2) is 21.9 Å². The summed E-state index contributed by atoms with van der Waals surface area (Å²) in [6, 6.07) is 20.4. The van der Waals surface area contributed by atoms with Gasteiger partial charge in [0.15, 0.2) is 0 Å². The summed E-state index contributed by atoms with van der Waals surface area (Å²) in [5.74, 6) is -4.34. The average molecular weight is 1000 g/mol. The van der Waals surface area contributed by atoms with Gasteiger partial charge in [-0.3, -0.25) is 19.8 Å². The average Bonchev–Trinajstić information content (AvgIpc) is 3.88. The molecule has 1 saturated carbocycles. The number of allylic oxidation sites excluding steroid dienone is 1. The van der Waals surface area contributed by atoms with Crippen molar-refractivity contribution in [2.24, 2.45) is 17.3 Å². The number of fused-ring (bicyclic) bond motifs is 3. The number of nitro benzene ring substituents is 1. The fourth-order valence-electron chi connectivity index (χ4n) is 10.8. The number of alkyl halides is 2. The Morgan fingerprint density at radius 3 is 2.51 bits per heavy atom. The molecule has 3 aliphatic heterocycles. The van der Waals surface area contributed by atoms with Gasteiger partial charge in [0.2, 0.25) is 5.88 Å². The van der Waals surface area contributed by atoms with Crippen LogP contribution in [0.5, 0.6) is 5.88 Å². The summed E-state index contributed by atoms with van der Waals surface area (Å²) >= 11 is 6.28. The maximum absolute atomic E-state index is 15.2. The fourth-order valence-corrected chi connectivity index (χ4v) is 11.9.